The molecule has 1 saturated heterocycles. The summed E-state index contributed by atoms with van der Waals surface area (Å²) in [5, 5.41) is 0. The van der Waals surface area contributed by atoms with E-state index in [2.05, 4.69) is 18.7 Å². The summed E-state index contributed by atoms with van der Waals surface area (Å²) in [5.74, 6) is 0.252. The van der Waals surface area contributed by atoms with Gasteiger partial charge in [0.15, 0.2) is 0 Å². The predicted molar refractivity (Wildman–Crippen MR) is 51.4 cm³/mol. The molecule has 1 heterocycles. The van der Waals surface area contributed by atoms with Crippen molar-refractivity contribution in [2.75, 3.05) is 20.2 Å². The number of carbonyl (C=O) groups is 1. The van der Waals surface area contributed by atoms with E-state index in [0.29, 0.717) is 5.92 Å². The van der Waals surface area contributed by atoms with Crippen LogP contribution < -0.4 is 0 Å². The van der Waals surface area contributed by atoms with Gasteiger partial charge in [-0.1, -0.05) is 13.8 Å². The zero-order chi connectivity index (χ0) is 9.84. The van der Waals surface area contributed by atoms with E-state index in [-0.39, 0.29) is 12.0 Å². The molecule has 0 spiro atoms. The Labute approximate surface area is 80.1 Å². The second-order valence-corrected chi connectivity index (χ2v) is 3.96. The van der Waals surface area contributed by atoms with Crippen molar-refractivity contribution in [3.63, 3.8) is 0 Å². The van der Waals surface area contributed by atoms with Gasteiger partial charge in [0.1, 0.15) is 6.04 Å². The summed E-state index contributed by atoms with van der Waals surface area (Å²) in [5.41, 5.74) is 0. The lowest BCUT2D eigenvalue weighted by atomic mass is 10.0. The van der Waals surface area contributed by atoms with Crippen LogP contribution in [0.3, 0.4) is 0 Å². The normalized spacial score (nSPS) is 20.6. The quantitative estimate of drug-likeness (QED) is 0.620. The Bertz CT molecular complexity index is 174. The highest BCUT2D eigenvalue weighted by atomic mass is 16.5. The molecule has 0 aromatic rings. The summed E-state index contributed by atoms with van der Waals surface area (Å²) in [6.07, 6.45) is 2.42. The average Bonchev–Trinajstić information content (AvgIpc) is 2.56. The number of methoxy groups -OCH3 is 1. The van der Waals surface area contributed by atoms with Crippen LogP contribution in [0.15, 0.2) is 0 Å². The third-order valence-corrected chi connectivity index (χ3v) is 2.61. The number of ether oxygens (including phenoxy) is 1. The highest BCUT2D eigenvalue weighted by Gasteiger charge is 2.31. The number of hydrogen-bond donors (Lipinski definition) is 0. The molecule has 1 atom stereocenters. The van der Waals surface area contributed by atoms with E-state index in [1.54, 1.807) is 0 Å². The summed E-state index contributed by atoms with van der Waals surface area (Å²) in [6.45, 7) is 6.22. The average molecular weight is 185 g/mol. The van der Waals surface area contributed by atoms with Crippen LogP contribution in [0, 0.1) is 5.92 Å². The predicted octanol–water partition coefficient (Wildman–Crippen LogP) is 1.28. The summed E-state index contributed by atoms with van der Waals surface area (Å²) >= 11 is 0. The molecule has 3 nitrogen and oxygen atoms in total. The van der Waals surface area contributed by atoms with E-state index in [0.717, 1.165) is 13.1 Å². The van der Waals surface area contributed by atoms with Crippen molar-refractivity contribution in [2.24, 2.45) is 5.92 Å². The third-order valence-electron chi connectivity index (χ3n) is 2.61. The first-order valence-corrected chi connectivity index (χ1v) is 4.98. The first-order valence-electron chi connectivity index (χ1n) is 4.98. The first-order chi connectivity index (χ1) is 6.16. The molecule has 0 bridgehead atoms. The Hall–Kier alpha value is -0.570. The fraction of sp³-hybridized carbons (Fsp3) is 0.900. The van der Waals surface area contributed by atoms with Gasteiger partial charge in [0.05, 0.1) is 7.11 Å². The molecule has 1 rings (SSSR count). The van der Waals surface area contributed by atoms with Crippen molar-refractivity contribution in [1.82, 2.24) is 4.90 Å². The van der Waals surface area contributed by atoms with E-state index in [1.165, 1.54) is 20.0 Å². The molecule has 1 aliphatic rings. The lowest BCUT2D eigenvalue weighted by Crippen LogP contribution is -2.43. The van der Waals surface area contributed by atoms with Gasteiger partial charge in [0, 0.05) is 0 Å². The van der Waals surface area contributed by atoms with E-state index in [9.17, 15) is 4.79 Å². The summed E-state index contributed by atoms with van der Waals surface area (Å²) < 4.78 is 4.81. The molecule has 0 amide bonds. The molecule has 1 aliphatic heterocycles. The van der Waals surface area contributed by atoms with Crippen LogP contribution in [0.5, 0.6) is 0 Å². The zero-order valence-electron chi connectivity index (χ0n) is 8.75. The topological polar surface area (TPSA) is 29.5 Å². The molecule has 1 fully saturated rings. The Balaban J connectivity index is 2.60. The first kappa shape index (κ1) is 10.5. The highest BCUT2D eigenvalue weighted by Crippen LogP contribution is 2.18. The van der Waals surface area contributed by atoms with Crippen molar-refractivity contribution < 1.29 is 9.53 Å². The van der Waals surface area contributed by atoms with Gasteiger partial charge in [0.2, 0.25) is 0 Å². The molecule has 13 heavy (non-hydrogen) atoms. The minimum absolute atomic E-state index is 0.0347. The fourth-order valence-electron chi connectivity index (χ4n) is 1.98. The minimum Gasteiger partial charge on any atom is -0.468 e. The molecular formula is C10H19NO2. The van der Waals surface area contributed by atoms with Crippen LogP contribution in [-0.4, -0.2) is 37.1 Å². The molecule has 76 valence electrons. The molecule has 0 N–H and O–H groups in total. The van der Waals surface area contributed by atoms with E-state index >= 15 is 0 Å². The molecule has 3 heteroatoms. The van der Waals surface area contributed by atoms with Gasteiger partial charge in [-0.3, -0.25) is 9.69 Å². The Morgan fingerprint density at radius 3 is 2.23 bits per heavy atom. The van der Waals surface area contributed by atoms with E-state index < -0.39 is 0 Å². The highest BCUT2D eigenvalue weighted by molar-refractivity contribution is 5.76. The smallest absolute Gasteiger partial charge is 0.323 e. The van der Waals surface area contributed by atoms with E-state index in [4.69, 9.17) is 4.74 Å². The van der Waals surface area contributed by atoms with Gasteiger partial charge in [-0.15, -0.1) is 0 Å². The van der Waals surface area contributed by atoms with Crippen molar-refractivity contribution in [3.05, 3.63) is 0 Å². The fourth-order valence-corrected chi connectivity index (χ4v) is 1.98. The van der Waals surface area contributed by atoms with Crippen LogP contribution in [0.25, 0.3) is 0 Å². The zero-order valence-corrected chi connectivity index (χ0v) is 8.75. The van der Waals surface area contributed by atoms with Gasteiger partial charge in [0.25, 0.3) is 0 Å². The summed E-state index contributed by atoms with van der Waals surface area (Å²) in [7, 11) is 1.47. The van der Waals surface area contributed by atoms with Gasteiger partial charge < -0.3 is 4.74 Å². The summed E-state index contributed by atoms with van der Waals surface area (Å²) in [4.78, 5) is 13.7. The summed E-state index contributed by atoms with van der Waals surface area (Å²) in [6, 6.07) is -0.0347. The van der Waals surface area contributed by atoms with Crippen LogP contribution in [0.2, 0.25) is 0 Å². The van der Waals surface area contributed by atoms with Gasteiger partial charge >= 0.3 is 5.97 Å². The van der Waals surface area contributed by atoms with Crippen LogP contribution in [-0.2, 0) is 9.53 Å². The number of esters is 1. The number of carbonyl (C=O) groups excluding carboxylic acids is 1. The largest absolute Gasteiger partial charge is 0.468 e. The van der Waals surface area contributed by atoms with Gasteiger partial charge in [-0.2, -0.15) is 0 Å². The lowest BCUT2D eigenvalue weighted by molar-refractivity contribution is -0.148. The third kappa shape index (κ3) is 2.44. The molecule has 0 saturated carbocycles. The molecule has 0 aliphatic carbocycles. The molecule has 0 radical (unpaired) electrons. The number of nitrogens with zero attached hydrogens (tertiary/aromatic N) is 1. The van der Waals surface area contributed by atoms with Crippen molar-refractivity contribution in [3.8, 4) is 0 Å². The number of likely N-dealkylation sites (tertiary alicyclic amines) is 1. The van der Waals surface area contributed by atoms with Gasteiger partial charge in [-0.25, -0.2) is 0 Å². The molecule has 0 unspecified atom stereocenters. The maximum absolute atomic E-state index is 11.5. The molecule has 0 aromatic heterocycles. The Morgan fingerprint density at radius 1 is 1.31 bits per heavy atom. The van der Waals surface area contributed by atoms with Crippen LogP contribution in [0.4, 0.5) is 0 Å². The number of hydrogen-bond acceptors (Lipinski definition) is 3. The second-order valence-electron chi connectivity index (χ2n) is 3.96. The van der Waals surface area contributed by atoms with Crippen molar-refractivity contribution in [2.45, 2.75) is 32.7 Å². The Kier molecular flexibility index (Phi) is 3.72. The Morgan fingerprint density at radius 2 is 1.85 bits per heavy atom. The van der Waals surface area contributed by atoms with Crippen molar-refractivity contribution in [1.29, 1.82) is 0 Å². The maximum atomic E-state index is 11.5. The molecular weight excluding hydrogens is 166 g/mol. The standard InChI is InChI=1S/C10H19NO2/c1-8(2)9(10(12)13-3)11-6-4-5-7-11/h8-9H,4-7H2,1-3H3/t9-/m1/s1. The monoisotopic (exact) mass is 185 g/mol. The lowest BCUT2D eigenvalue weighted by Gasteiger charge is -2.27. The minimum atomic E-state index is -0.0862. The van der Waals surface area contributed by atoms with Crippen molar-refractivity contribution >= 4 is 5.97 Å². The van der Waals surface area contributed by atoms with Crippen LogP contribution in [0.1, 0.15) is 26.7 Å². The number of rotatable bonds is 3. The van der Waals surface area contributed by atoms with Gasteiger partial charge in [-0.05, 0) is 31.8 Å². The van der Waals surface area contributed by atoms with Crippen LogP contribution >= 0.6 is 0 Å². The molecule has 0 aromatic carbocycles. The van der Waals surface area contributed by atoms with E-state index in [1.807, 2.05) is 0 Å². The maximum Gasteiger partial charge on any atom is 0.323 e. The second kappa shape index (κ2) is 4.61. The SMILES string of the molecule is COC(=O)[C@@H](C(C)C)N1CCCC1.